The monoisotopic (exact) mass is 324 g/mol. The third-order valence-electron chi connectivity index (χ3n) is 2.81. The number of nitrogens with zero attached hydrogens (tertiary/aromatic N) is 1. The molecule has 2 rings (SSSR count). The molecule has 0 aliphatic rings. The van der Waals surface area contributed by atoms with Crippen LogP contribution in [0, 0.1) is 6.92 Å². The number of aryl methyl sites for hydroxylation is 2. The number of hydrogen-bond acceptors (Lipinski definition) is 3. The van der Waals surface area contributed by atoms with Crippen molar-refractivity contribution in [2.75, 3.05) is 0 Å². The van der Waals surface area contributed by atoms with E-state index in [-0.39, 0.29) is 0 Å². The molecule has 0 radical (unpaired) electrons. The Bertz CT molecular complexity index is 549. The van der Waals surface area contributed by atoms with E-state index in [0.717, 1.165) is 33.6 Å². The van der Waals surface area contributed by atoms with Crippen LogP contribution >= 0.6 is 27.3 Å². The van der Waals surface area contributed by atoms with Gasteiger partial charge < -0.3 is 5.73 Å². The molecule has 0 spiro atoms. The van der Waals surface area contributed by atoms with E-state index in [9.17, 15) is 0 Å². The van der Waals surface area contributed by atoms with Gasteiger partial charge in [-0.3, -0.25) is 0 Å². The normalized spacial score (nSPS) is 10.9. The first kappa shape index (κ1) is 13.7. The molecular formula is C14H17BrN2S. The molecule has 0 saturated carbocycles. The lowest BCUT2D eigenvalue weighted by Gasteiger charge is -2.01. The van der Waals surface area contributed by atoms with Crippen LogP contribution in [0.5, 0.6) is 0 Å². The van der Waals surface area contributed by atoms with Crippen LogP contribution < -0.4 is 5.73 Å². The van der Waals surface area contributed by atoms with E-state index in [1.165, 1.54) is 10.4 Å². The van der Waals surface area contributed by atoms with Gasteiger partial charge in [0, 0.05) is 21.5 Å². The highest BCUT2D eigenvalue weighted by Gasteiger charge is 2.12. The Balaban J connectivity index is 2.44. The Kier molecular flexibility index (Phi) is 4.54. The van der Waals surface area contributed by atoms with E-state index >= 15 is 0 Å². The van der Waals surface area contributed by atoms with E-state index in [4.69, 9.17) is 10.7 Å². The first-order valence-corrected chi connectivity index (χ1v) is 7.71. The molecule has 0 unspecified atom stereocenters. The molecule has 0 bridgehead atoms. The highest BCUT2D eigenvalue weighted by Crippen LogP contribution is 2.34. The topological polar surface area (TPSA) is 38.9 Å². The average molecular weight is 325 g/mol. The molecule has 2 N–H and O–H groups in total. The number of halogens is 1. The first-order valence-electron chi connectivity index (χ1n) is 6.10. The van der Waals surface area contributed by atoms with Crippen molar-refractivity contribution in [2.45, 2.75) is 33.2 Å². The summed E-state index contributed by atoms with van der Waals surface area (Å²) in [6.45, 7) is 4.84. The van der Waals surface area contributed by atoms with Gasteiger partial charge in [-0.15, -0.1) is 11.3 Å². The molecule has 4 heteroatoms. The van der Waals surface area contributed by atoms with Crippen molar-refractivity contribution in [2.24, 2.45) is 5.73 Å². The van der Waals surface area contributed by atoms with Crippen LogP contribution in [-0.4, -0.2) is 4.98 Å². The fourth-order valence-corrected chi connectivity index (χ4v) is 3.72. The van der Waals surface area contributed by atoms with Crippen molar-refractivity contribution >= 4 is 27.3 Å². The molecule has 0 aliphatic heterocycles. The van der Waals surface area contributed by atoms with Crippen molar-refractivity contribution in [3.63, 3.8) is 0 Å². The minimum atomic E-state index is 0.580. The van der Waals surface area contributed by atoms with Crippen LogP contribution in [0.3, 0.4) is 0 Å². The highest BCUT2D eigenvalue weighted by molar-refractivity contribution is 9.10. The molecule has 0 atom stereocenters. The number of hydrogen-bond donors (Lipinski definition) is 1. The second-order valence-electron chi connectivity index (χ2n) is 4.33. The Labute approximate surface area is 120 Å². The SMILES string of the molecule is CCCc1nc(-c2ccc(C)cc2Br)sc1CN. The van der Waals surface area contributed by atoms with E-state index in [2.05, 4.69) is 48.0 Å². The fraction of sp³-hybridized carbons (Fsp3) is 0.357. The molecule has 0 fully saturated rings. The lowest BCUT2D eigenvalue weighted by Crippen LogP contribution is -1.97. The van der Waals surface area contributed by atoms with Gasteiger partial charge >= 0.3 is 0 Å². The van der Waals surface area contributed by atoms with E-state index < -0.39 is 0 Å². The molecule has 18 heavy (non-hydrogen) atoms. The third kappa shape index (κ3) is 2.82. The van der Waals surface area contributed by atoms with Crippen LogP contribution in [0.2, 0.25) is 0 Å². The van der Waals surface area contributed by atoms with Gasteiger partial charge in [0.2, 0.25) is 0 Å². The number of rotatable bonds is 4. The lowest BCUT2D eigenvalue weighted by molar-refractivity contribution is 0.872. The second-order valence-corrected chi connectivity index (χ2v) is 6.26. The van der Waals surface area contributed by atoms with Gasteiger partial charge in [-0.1, -0.05) is 41.4 Å². The van der Waals surface area contributed by atoms with Crippen molar-refractivity contribution in [1.82, 2.24) is 4.98 Å². The largest absolute Gasteiger partial charge is 0.326 e. The van der Waals surface area contributed by atoms with E-state index in [1.54, 1.807) is 11.3 Å². The summed E-state index contributed by atoms with van der Waals surface area (Å²) >= 11 is 5.32. The molecule has 0 aliphatic carbocycles. The summed E-state index contributed by atoms with van der Waals surface area (Å²) in [5.41, 5.74) is 9.35. The molecule has 0 amide bonds. The van der Waals surface area contributed by atoms with E-state index in [1.807, 2.05) is 0 Å². The predicted octanol–water partition coefficient (Wildman–Crippen LogP) is 4.29. The van der Waals surface area contributed by atoms with Crippen molar-refractivity contribution < 1.29 is 0 Å². The van der Waals surface area contributed by atoms with E-state index in [0.29, 0.717) is 6.54 Å². The molecule has 1 aromatic carbocycles. The molecule has 2 aromatic rings. The summed E-state index contributed by atoms with van der Waals surface area (Å²) in [4.78, 5) is 5.95. The molecule has 0 saturated heterocycles. The second kappa shape index (κ2) is 5.95. The summed E-state index contributed by atoms with van der Waals surface area (Å²) < 4.78 is 1.10. The minimum Gasteiger partial charge on any atom is -0.326 e. The summed E-state index contributed by atoms with van der Waals surface area (Å²) in [7, 11) is 0. The van der Waals surface area contributed by atoms with Crippen LogP contribution in [-0.2, 0) is 13.0 Å². The van der Waals surface area contributed by atoms with Crippen molar-refractivity contribution in [3.05, 3.63) is 38.8 Å². The highest BCUT2D eigenvalue weighted by atomic mass is 79.9. The smallest absolute Gasteiger partial charge is 0.125 e. The maximum absolute atomic E-state index is 5.79. The van der Waals surface area contributed by atoms with Crippen LogP contribution in [0.4, 0.5) is 0 Å². The zero-order valence-corrected chi connectivity index (χ0v) is 13.1. The summed E-state index contributed by atoms with van der Waals surface area (Å²) in [6, 6.07) is 6.36. The summed E-state index contributed by atoms with van der Waals surface area (Å²) in [5, 5.41) is 1.06. The van der Waals surface area contributed by atoms with Crippen LogP contribution in [0.15, 0.2) is 22.7 Å². The Morgan fingerprint density at radius 2 is 2.17 bits per heavy atom. The van der Waals surface area contributed by atoms with Crippen LogP contribution in [0.25, 0.3) is 10.6 Å². The van der Waals surface area contributed by atoms with Crippen molar-refractivity contribution in [3.8, 4) is 10.6 Å². The Morgan fingerprint density at radius 1 is 1.39 bits per heavy atom. The van der Waals surface area contributed by atoms with Gasteiger partial charge in [0.05, 0.1) is 5.69 Å². The first-order chi connectivity index (χ1) is 8.65. The molecular weight excluding hydrogens is 308 g/mol. The zero-order chi connectivity index (χ0) is 13.1. The molecule has 1 aromatic heterocycles. The average Bonchev–Trinajstić information content (AvgIpc) is 2.72. The zero-order valence-electron chi connectivity index (χ0n) is 10.7. The molecule has 2 nitrogen and oxygen atoms in total. The summed E-state index contributed by atoms with van der Waals surface area (Å²) in [5.74, 6) is 0. The summed E-state index contributed by atoms with van der Waals surface area (Å²) in [6.07, 6.45) is 2.11. The van der Waals surface area contributed by atoms with Crippen molar-refractivity contribution in [1.29, 1.82) is 0 Å². The fourth-order valence-electron chi connectivity index (χ4n) is 1.88. The van der Waals surface area contributed by atoms with Gasteiger partial charge in [0.15, 0.2) is 0 Å². The van der Waals surface area contributed by atoms with Gasteiger partial charge in [-0.2, -0.15) is 0 Å². The predicted molar refractivity (Wildman–Crippen MR) is 81.9 cm³/mol. The lowest BCUT2D eigenvalue weighted by atomic mass is 10.1. The van der Waals surface area contributed by atoms with Gasteiger partial charge in [-0.25, -0.2) is 4.98 Å². The molecule has 96 valence electrons. The third-order valence-corrected chi connectivity index (χ3v) is 4.61. The minimum absolute atomic E-state index is 0.580. The van der Waals surface area contributed by atoms with Gasteiger partial charge in [-0.05, 0) is 25.0 Å². The van der Waals surface area contributed by atoms with Crippen LogP contribution in [0.1, 0.15) is 29.5 Å². The number of benzene rings is 1. The standard InChI is InChI=1S/C14H17BrN2S/c1-3-4-12-13(8-16)18-14(17-12)10-6-5-9(2)7-11(10)15/h5-7H,3-4,8,16H2,1-2H3. The van der Waals surface area contributed by atoms with Gasteiger partial charge in [0.25, 0.3) is 0 Å². The Hall–Kier alpha value is -0.710. The molecule has 1 heterocycles. The number of nitrogens with two attached hydrogens (primary N) is 1. The maximum Gasteiger partial charge on any atom is 0.125 e. The van der Waals surface area contributed by atoms with Gasteiger partial charge in [0.1, 0.15) is 5.01 Å². The quantitative estimate of drug-likeness (QED) is 0.910. The maximum atomic E-state index is 5.79. The number of aromatic nitrogens is 1. The number of thiazole rings is 1. The Morgan fingerprint density at radius 3 is 2.78 bits per heavy atom.